The maximum atomic E-state index is 5.90. The Morgan fingerprint density at radius 3 is 2.74 bits per heavy atom. The lowest BCUT2D eigenvalue weighted by Gasteiger charge is -2.17. The first kappa shape index (κ1) is 14.7. The summed E-state index contributed by atoms with van der Waals surface area (Å²) in [6.07, 6.45) is 5.12. The zero-order valence-corrected chi connectivity index (χ0v) is 13.1. The number of benzene rings is 1. The van der Waals surface area contributed by atoms with Gasteiger partial charge in [-0.1, -0.05) is 22.9 Å². The van der Waals surface area contributed by atoms with Gasteiger partial charge in [0.05, 0.1) is 13.2 Å². The topological polar surface area (TPSA) is 44.5 Å². The third-order valence-electron chi connectivity index (χ3n) is 3.44. The quantitative estimate of drug-likeness (QED) is 0.842. The van der Waals surface area contributed by atoms with E-state index in [1.54, 1.807) is 0 Å². The molecule has 4 heteroatoms. The smallest absolute Gasteiger partial charge is 0.164 e. The maximum Gasteiger partial charge on any atom is 0.164 e. The Morgan fingerprint density at radius 2 is 2.00 bits per heavy atom. The zero-order chi connectivity index (χ0) is 13.7. The van der Waals surface area contributed by atoms with E-state index >= 15 is 0 Å². The number of fused-ring (bicyclic) bond motifs is 1. The number of hydrogen-bond acceptors (Lipinski definition) is 3. The lowest BCUT2D eigenvalue weighted by atomic mass is 9.98. The van der Waals surface area contributed by atoms with Crippen LogP contribution in [0.3, 0.4) is 0 Å². The average molecular weight is 328 g/mol. The number of rotatable bonds is 5. The highest BCUT2D eigenvalue weighted by Gasteiger charge is 2.19. The second-order valence-corrected chi connectivity index (χ2v) is 5.65. The molecule has 0 spiro atoms. The van der Waals surface area contributed by atoms with Crippen LogP contribution in [0, 0.1) is 0 Å². The van der Waals surface area contributed by atoms with Crippen molar-refractivity contribution < 1.29 is 9.47 Å². The largest absolute Gasteiger partial charge is 0.490 e. The van der Waals surface area contributed by atoms with Gasteiger partial charge in [-0.2, -0.15) is 0 Å². The van der Waals surface area contributed by atoms with E-state index in [-0.39, 0.29) is 0 Å². The van der Waals surface area contributed by atoms with Gasteiger partial charge >= 0.3 is 0 Å². The Kier molecular flexibility index (Phi) is 5.52. The van der Waals surface area contributed by atoms with Gasteiger partial charge < -0.3 is 15.2 Å². The summed E-state index contributed by atoms with van der Waals surface area (Å²) < 4.78 is 12.8. The SMILES string of the molecule is CCc1c(CCCCN)c(Br)cc2c1OCCCO2. The molecule has 1 aromatic rings. The van der Waals surface area contributed by atoms with Crippen LogP contribution in [0.2, 0.25) is 0 Å². The van der Waals surface area contributed by atoms with E-state index in [0.29, 0.717) is 0 Å². The summed E-state index contributed by atoms with van der Waals surface area (Å²) in [5, 5.41) is 0. The summed E-state index contributed by atoms with van der Waals surface area (Å²) in [4.78, 5) is 0. The number of ether oxygens (including phenoxy) is 2. The van der Waals surface area contributed by atoms with E-state index < -0.39 is 0 Å². The molecule has 1 aliphatic heterocycles. The van der Waals surface area contributed by atoms with Crippen LogP contribution in [-0.4, -0.2) is 19.8 Å². The van der Waals surface area contributed by atoms with Crippen LogP contribution in [0.15, 0.2) is 10.5 Å². The van der Waals surface area contributed by atoms with Crippen LogP contribution >= 0.6 is 15.9 Å². The van der Waals surface area contributed by atoms with Crippen LogP contribution in [0.25, 0.3) is 0 Å². The number of hydrogen-bond donors (Lipinski definition) is 1. The molecule has 0 bridgehead atoms. The third kappa shape index (κ3) is 3.42. The second-order valence-electron chi connectivity index (χ2n) is 4.79. The first-order valence-electron chi connectivity index (χ1n) is 7.07. The molecule has 1 aliphatic rings. The summed E-state index contributed by atoms with van der Waals surface area (Å²) in [7, 11) is 0. The molecule has 0 amide bonds. The van der Waals surface area contributed by atoms with Crippen molar-refractivity contribution in [3.63, 3.8) is 0 Å². The predicted octanol–water partition coefficient (Wildman–Crippen LogP) is 3.45. The molecule has 106 valence electrons. The van der Waals surface area contributed by atoms with Crippen molar-refractivity contribution in [1.82, 2.24) is 0 Å². The molecule has 19 heavy (non-hydrogen) atoms. The summed E-state index contributed by atoms with van der Waals surface area (Å²) >= 11 is 3.68. The Hall–Kier alpha value is -0.740. The van der Waals surface area contributed by atoms with Gasteiger partial charge in [0.1, 0.15) is 0 Å². The Bertz CT molecular complexity index is 435. The van der Waals surface area contributed by atoms with Crippen LogP contribution in [0.4, 0.5) is 0 Å². The Morgan fingerprint density at radius 1 is 1.21 bits per heavy atom. The van der Waals surface area contributed by atoms with E-state index in [9.17, 15) is 0 Å². The van der Waals surface area contributed by atoms with Gasteiger partial charge in [-0.3, -0.25) is 0 Å². The molecule has 1 heterocycles. The van der Waals surface area contributed by atoms with Gasteiger partial charge in [0.2, 0.25) is 0 Å². The highest BCUT2D eigenvalue weighted by Crippen LogP contribution is 2.40. The van der Waals surface area contributed by atoms with Crippen molar-refractivity contribution in [3.8, 4) is 11.5 Å². The van der Waals surface area contributed by atoms with Crippen molar-refractivity contribution in [2.24, 2.45) is 5.73 Å². The zero-order valence-electron chi connectivity index (χ0n) is 11.5. The molecule has 1 aromatic carbocycles. The van der Waals surface area contributed by atoms with Crippen molar-refractivity contribution in [2.75, 3.05) is 19.8 Å². The Labute approximate surface area is 123 Å². The van der Waals surface area contributed by atoms with E-state index in [1.165, 1.54) is 11.1 Å². The molecule has 0 unspecified atom stereocenters. The van der Waals surface area contributed by atoms with Crippen LogP contribution < -0.4 is 15.2 Å². The third-order valence-corrected chi connectivity index (χ3v) is 4.14. The molecular formula is C15H22BrNO2. The summed E-state index contributed by atoms with van der Waals surface area (Å²) in [5.41, 5.74) is 8.20. The highest BCUT2D eigenvalue weighted by molar-refractivity contribution is 9.10. The van der Waals surface area contributed by atoms with Gasteiger partial charge in [-0.25, -0.2) is 0 Å². The number of halogens is 1. The van der Waals surface area contributed by atoms with E-state index in [0.717, 1.165) is 67.8 Å². The molecule has 2 rings (SSSR count). The molecule has 0 saturated carbocycles. The fourth-order valence-corrected chi connectivity index (χ4v) is 3.11. The van der Waals surface area contributed by atoms with Gasteiger partial charge in [0.15, 0.2) is 11.5 Å². The van der Waals surface area contributed by atoms with Gasteiger partial charge in [-0.05, 0) is 43.9 Å². The van der Waals surface area contributed by atoms with Crippen molar-refractivity contribution in [1.29, 1.82) is 0 Å². The molecule has 0 aliphatic carbocycles. The van der Waals surface area contributed by atoms with E-state index in [4.69, 9.17) is 15.2 Å². The predicted molar refractivity (Wildman–Crippen MR) is 81.1 cm³/mol. The number of unbranched alkanes of at least 4 members (excludes halogenated alkanes) is 1. The molecule has 0 radical (unpaired) electrons. The molecule has 2 N–H and O–H groups in total. The van der Waals surface area contributed by atoms with Crippen molar-refractivity contribution in [2.45, 2.75) is 39.0 Å². The van der Waals surface area contributed by atoms with Gasteiger partial charge in [-0.15, -0.1) is 0 Å². The molecule has 0 aromatic heterocycles. The molecular weight excluding hydrogens is 306 g/mol. The minimum Gasteiger partial charge on any atom is -0.490 e. The lowest BCUT2D eigenvalue weighted by Crippen LogP contribution is -2.04. The number of nitrogens with two attached hydrogens (primary N) is 1. The second kappa shape index (κ2) is 7.15. The Balaban J connectivity index is 2.34. The lowest BCUT2D eigenvalue weighted by molar-refractivity contribution is 0.296. The minimum absolute atomic E-state index is 0.731. The van der Waals surface area contributed by atoms with Gasteiger partial charge in [0, 0.05) is 16.5 Å². The first-order valence-corrected chi connectivity index (χ1v) is 7.87. The summed E-state index contributed by atoms with van der Waals surface area (Å²) in [5.74, 6) is 1.83. The van der Waals surface area contributed by atoms with Crippen molar-refractivity contribution >= 4 is 15.9 Å². The fraction of sp³-hybridized carbons (Fsp3) is 0.600. The summed E-state index contributed by atoms with van der Waals surface area (Å²) in [6.45, 7) is 4.39. The van der Waals surface area contributed by atoms with Gasteiger partial charge in [0.25, 0.3) is 0 Å². The van der Waals surface area contributed by atoms with Crippen LogP contribution in [0.1, 0.15) is 37.3 Å². The van der Waals surface area contributed by atoms with Crippen LogP contribution in [0.5, 0.6) is 11.5 Å². The molecule has 3 nitrogen and oxygen atoms in total. The average Bonchev–Trinajstić information content (AvgIpc) is 2.64. The first-order chi connectivity index (χ1) is 9.27. The minimum atomic E-state index is 0.731. The molecule has 0 fully saturated rings. The van der Waals surface area contributed by atoms with Crippen molar-refractivity contribution in [3.05, 3.63) is 21.7 Å². The molecule has 0 saturated heterocycles. The highest BCUT2D eigenvalue weighted by atomic mass is 79.9. The molecule has 0 atom stereocenters. The van der Waals surface area contributed by atoms with E-state index in [2.05, 4.69) is 28.9 Å². The summed E-state index contributed by atoms with van der Waals surface area (Å²) in [6, 6.07) is 2.05. The standard InChI is InChI=1S/C15H22BrNO2/c1-2-11-12(6-3-4-7-17)13(16)10-14-15(11)19-9-5-8-18-14/h10H,2-9,17H2,1H3. The van der Waals surface area contributed by atoms with E-state index in [1.807, 2.05) is 0 Å². The van der Waals surface area contributed by atoms with Crippen LogP contribution in [-0.2, 0) is 12.8 Å². The normalized spacial score (nSPS) is 14.3. The maximum absolute atomic E-state index is 5.90. The monoisotopic (exact) mass is 327 g/mol. The fourth-order valence-electron chi connectivity index (χ4n) is 2.47.